The molecule has 4 rings (SSSR count). The van der Waals surface area contributed by atoms with Crippen LogP contribution >= 0.6 is 0 Å². The summed E-state index contributed by atoms with van der Waals surface area (Å²) in [6.45, 7) is 4.95. The van der Waals surface area contributed by atoms with Crippen molar-refractivity contribution in [1.29, 1.82) is 0 Å². The average Bonchev–Trinajstić information content (AvgIpc) is 3.16. The SMILES string of the molecule is Cc1ccc(CN2CC3CC(C(=O)NCc4ccccc4)C(C2)O3)o1. The second kappa shape index (κ2) is 7.02. The molecule has 3 unspecified atom stereocenters. The van der Waals surface area contributed by atoms with Crippen molar-refractivity contribution < 1.29 is 13.9 Å². The lowest BCUT2D eigenvalue weighted by Gasteiger charge is -2.32. The molecule has 0 radical (unpaired) electrons. The summed E-state index contributed by atoms with van der Waals surface area (Å²) in [5, 5.41) is 3.07. The minimum atomic E-state index is -0.0583. The van der Waals surface area contributed by atoms with Crippen LogP contribution < -0.4 is 5.32 Å². The molecule has 1 aromatic carbocycles. The van der Waals surface area contributed by atoms with Crippen molar-refractivity contribution in [2.45, 2.75) is 38.6 Å². The Balaban J connectivity index is 1.33. The lowest BCUT2D eigenvalue weighted by molar-refractivity contribution is -0.128. The predicted octanol–water partition coefficient (Wildman–Crippen LogP) is 2.49. The Bertz CT molecular complexity index is 728. The second-order valence-corrected chi connectivity index (χ2v) is 7.05. The summed E-state index contributed by atoms with van der Waals surface area (Å²) >= 11 is 0. The zero-order valence-electron chi connectivity index (χ0n) is 14.5. The first-order valence-corrected chi connectivity index (χ1v) is 8.92. The highest BCUT2D eigenvalue weighted by Crippen LogP contribution is 2.32. The van der Waals surface area contributed by atoms with Crippen molar-refractivity contribution in [3.8, 4) is 0 Å². The molecule has 2 fully saturated rings. The van der Waals surface area contributed by atoms with Crippen molar-refractivity contribution in [3.63, 3.8) is 0 Å². The summed E-state index contributed by atoms with van der Waals surface area (Å²) in [6.07, 6.45) is 0.923. The van der Waals surface area contributed by atoms with Crippen LogP contribution in [0.4, 0.5) is 0 Å². The highest BCUT2D eigenvalue weighted by atomic mass is 16.5. The number of ether oxygens (including phenoxy) is 1. The number of aryl methyl sites for hydroxylation is 1. The number of likely N-dealkylation sites (tertiary alicyclic amines) is 1. The first kappa shape index (κ1) is 16.4. The van der Waals surface area contributed by atoms with Gasteiger partial charge in [0.2, 0.25) is 5.91 Å². The van der Waals surface area contributed by atoms with E-state index in [1.807, 2.05) is 49.4 Å². The number of fused-ring (bicyclic) bond motifs is 2. The van der Waals surface area contributed by atoms with E-state index in [-0.39, 0.29) is 24.0 Å². The molecule has 1 N–H and O–H groups in total. The monoisotopic (exact) mass is 340 g/mol. The van der Waals surface area contributed by atoms with Crippen LogP contribution in [-0.4, -0.2) is 36.1 Å². The summed E-state index contributed by atoms with van der Waals surface area (Å²) in [6, 6.07) is 14.0. The van der Waals surface area contributed by atoms with Crippen molar-refractivity contribution in [2.24, 2.45) is 5.92 Å². The largest absolute Gasteiger partial charge is 0.465 e. The molecular weight excluding hydrogens is 316 g/mol. The maximum Gasteiger partial charge on any atom is 0.226 e. The molecule has 2 aliphatic rings. The molecule has 1 amide bonds. The molecule has 25 heavy (non-hydrogen) atoms. The van der Waals surface area contributed by atoms with E-state index in [0.717, 1.165) is 43.1 Å². The van der Waals surface area contributed by atoms with E-state index in [0.29, 0.717) is 6.54 Å². The van der Waals surface area contributed by atoms with Crippen LogP contribution in [0.25, 0.3) is 0 Å². The van der Waals surface area contributed by atoms with Crippen LogP contribution in [-0.2, 0) is 22.6 Å². The smallest absolute Gasteiger partial charge is 0.226 e. The van der Waals surface area contributed by atoms with E-state index in [9.17, 15) is 4.79 Å². The number of amides is 1. The van der Waals surface area contributed by atoms with E-state index in [2.05, 4.69) is 10.2 Å². The van der Waals surface area contributed by atoms with Gasteiger partial charge in [-0.15, -0.1) is 0 Å². The highest BCUT2D eigenvalue weighted by molar-refractivity contribution is 5.79. The number of carbonyl (C=O) groups excluding carboxylic acids is 1. The van der Waals surface area contributed by atoms with Crippen LogP contribution in [0.5, 0.6) is 0 Å². The van der Waals surface area contributed by atoms with Crippen molar-refractivity contribution in [2.75, 3.05) is 13.1 Å². The molecule has 5 nitrogen and oxygen atoms in total. The molecular formula is C20H24N2O3. The molecule has 132 valence electrons. The summed E-state index contributed by atoms with van der Waals surface area (Å²) in [5.41, 5.74) is 1.12. The van der Waals surface area contributed by atoms with E-state index in [4.69, 9.17) is 9.15 Å². The van der Waals surface area contributed by atoms with Gasteiger partial charge in [-0.2, -0.15) is 0 Å². The Labute approximate surface area is 148 Å². The van der Waals surface area contributed by atoms with Crippen LogP contribution in [0.15, 0.2) is 46.9 Å². The van der Waals surface area contributed by atoms with Gasteiger partial charge >= 0.3 is 0 Å². The van der Waals surface area contributed by atoms with E-state index >= 15 is 0 Å². The molecule has 0 saturated carbocycles. The zero-order valence-corrected chi connectivity index (χ0v) is 14.5. The Hall–Kier alpha value is -2.11. The molecule has 3 atom stereocenters. The zero-order chi connectivity index (χ0) is 17.2. The number of nitrogens with one attached hydrogen (secondary N) is 1. The molecule has 2 aromatic rings. The fourth-order valence-corrected chi connectivity index (χ4v) is 3.85. The molecule has 5 heteroatoms. The highest BCUT2D eigenvalue weighted by Gasteiger charge is 2.44. The minimum absolute atomic E-state index is 0.0226. The molecule has 2 aliphatic heterocycles. The van der Waals surface area contributed by atoms with Gasteiger partial charge in [-0.25, -0.2) is 0 Å². The molecule has 3 heterocycles. The topological polar surface area (TPSA) is 54.7 Å². The third kappa shape index (κ3) is 3.78. The van der Waals surface area contributed by atoms with Crippen LogP contribution in [0.1, 0.15) is 23.5 Å². The number of benzene rings is 1. The number of carbonyl (C=O) groups is 1. The Morgan fingerprint density at radius 1 is 1.20 bits per heavy atom. The van der Waals surface area contributed by atoms with Gasteiger partial charge in [-0.1, -0.05) is 30.3 Å². The lowest BCUT2D eigenvalue weighted by atomic mass is 9.99. The summed E-state index contributed by atoms with van der Waals surface area (Å²) in [4.78, 5) is 14.9. The van der Waals surface area contributed by atoms with Gasteiger partial charge in [0.15, 0.2) is 0 Å². The molecule has 1 aromatic heterocycles. The number of hydrogen-bond donors (Lipinski definition) is 1. The van der Waals surface area contributed by atoms with Gasteiger partial charge in [-0.3, -0.25) is 9.69 Å². The van der Waals surface area contributed by atoms with Gasteiger partial charge in [0, 0.05) is 19.6 Å². The Kier molecular flexibility index (Phi) is 4.59. The quantitative estimate of drug-likeness (QED) is 0.909. The average molecular weight is 340 g/mol. The van der Waals surface area contributed by atoms with Gasteiger partial charge in [-0.05, 0) is 31.0 Å². The van der Waals surface area contributed by atoms with Gasteiger partial charge in [0.1, 0.15) is 11.5 Å². The van der Waals surface area contributed by atoms with Crippen LogP contribution in [0.3, 0.4) is 0 Å². The maximum absolute atomic E-state index is 12.6. The molecule has 2 saturated heterocycles. The van der Waals surface area contributed by atoms with Gasteiger partial charge in [0.05, 0.1) is 24.7 Å². The fourth-order valence-electron chi connectivity index (χ4n) is 3.85. The standard InChI is InChI=1S/C20H24N2O3/c1-14-7-8-16(24-14)11-22-12-17-9-18(19(13-22)25-17)20(23)21-10-15-5-3-2-4-6-15/h2-8,17-19H,9-13H2,1H3,(H,21,23). The van der Waals surface area contributed by atoms with E-state index in [1.54, 1.807) is 0 Å². The van der Waals surface area contributed by atoms with Crippen molar-refractivity contribution in [1.82, 2.24) is 10.2 Å². The lowest BCUT2D eigenvalue weighted by Crippen LogP contribution is -2.44. The number of furan rings is 1. The Morgan fingerprint density at radius 2 is 2.04 bits per heavy atom. The molecule has 0 aliphatic carbocycles. The minimum Gasteiger partial charge on any atom is -0.465 e. The first-order chi connectivity index (χ1) is 12.2. The summed E-state index contributed by atoms with van der Waals surface area (Å²) in [5.74, 6) is 1.96. The number of nitrogens with zero attached hydrogens (tertiary/aromatic N) is 1. The third-order valence-corrected chi connectivity index (χ3v) is 5.05. The molecule has 0 spiro atoms. The summed E-state index contributed by atoms with van der Waals surface area (Å²) < 4.78 is 11.7. The maximum atomic E-state index is 12.6. The predicted molar refractivity (Wildman–Crippen MR) is 93.8 cm³/mol. The first-order valence-electron chi connectivity index (χ1n) is 8.92. The fraction of sp³-hybridized carbons (Fsp3) is 0.450. The Morgan fingerprint density at radius 3 is 2.80 bits per heavy atom. The second-order valence-electron chi connectivity index (χ2n) is 7.05. The third-order valence-electron chi connectivity index (χ3n) is 5.05. The normalized spacial score (nSPS) is 25.9. The van der Waals surface area contributed by atoms with Gasteiger partial charge < -0.3 is 14.5 Å². The van der Waals surface area contributed by atoms with Crippen LogP contribution in [0, 0.1) is 12.8 Å². The molecule has 2 bridgehead atoms. The van der Waals surface area contributed by atoms with E-state index in [1.165, 1.54) is 0 Å². The van der Waals surface area contributed by atoms with Crippen molar-refractivity contribution >= 4 is 5.91 Å². The summed E-state index contributed by atoms with van der Waals surface area (Å²) in [7, 11) is 0. The number of morpholine rings is 1. The number of hydrogen-bond acceptors (Lipinski definition) is 4. The van der Waals surface area contributed by atoms with Gasteiger partial charge in [0.25, 0.3) is 0 Å². The van der Waals surface area contributed by atoms with Crippen LogP contribution in [0.2, 0.25) is 0 Å². The van der Waals surface area contributed by atoms with Crippen molar-refractivity contribution in [3.05, 3.63) is 59.5 Å². The van der Waals surface area contributed by atoms with E-state index < -0.39 is 0 Å². The number of rotatable bonds is 5.